The van der Waals surface area contributed by atoms with Crippen LogP contribution in [0.4, 0.5) is 0 Å². The molecule has 0 bridgehead atoms. The Morgan fingerprint density at radius 3 is 2.35 bits per heavy atom. The molecule has 0 radical (unpaired) electrons. The van der Waals surface area contributed by atoms with Crippen molar-refractivity contribution in [2.24, 2.45) is 0 Å². The maximum absolute atomic E-state index is 2.43. The Labute approximate surface area is 132 Å². The number of hydrogen-bond donors (Lipinski definition) is 0. The Morgan fingerprint density at radius 1 is 1.10 bits per heavy atom. The van der Waals surface area contributed by atoms with Gasteiger partial charge in [-0.05, 0) is 0 Å². The van der Waals surface area contributed by atoms with Crippen LogP contribution in [-0.4, -0.2) is 48.8 Å². The van der Waals surface area contributed by atoms with Crippen LogP contribution in [0.1, 0.15) is 40.0 Å². The molecule has 6 heteroatoms. The van der Waals surface area contributed by atoms with E-state index >= 15 is 0 Å². The van der Waals surface area contributed by atoms with E-state index in [0.717, 1.165) is 0 Å². The van der Waals surface area contributed by atoms with Crippen molar-refractivity contribution in [3.63, 3.8) is 0 Å². The van der Waals surface area contributed by atoms with Crippen LogP contribution in [0.15, 0.2) is 23.3 Å². The summed E-state index contributed by atoms with van der Waals surface area (Å²) in [5.74, 6) is 4.27. The van der Waals surface area contributed by atoms with Crippen molar-refractivity contribution in [2.75, 3.05) is 17.3 Å². The molecule has 2 rings (SSSR count). The summed E-state index contributed by atoms with van der Waals surface area (Å²) >= 11 is 0. The van der Waals surface area contributed by atoms with Crippen molar-refractivity contribution in [1.82, 2.24) is 4.81 Å². The van der Waals surface area contributed by atoms with E-state index in [4.69, 9.17) is 0 Å². The predicted molar refractivity (Wildman–Crippen MR) is 105 cm³/mol. The molecule has 0 unspecified atom stereocenters. The van der Waals surface area contributed by atoms with Gasteiger partial charge in [-0.15, -0.1) is 0 Å². The van der Waals surface area contributed by atoms with Gasteiger partial charge in [0, 0.05) is 0 Å². The molecule has 1 nitrogen and oxygen atoms in total. The van der Waals surface area contributed by atoms with E-state index in [2.05, 4.69) is 61.5 Å². The summed E-state index contributed by atoms with van der Waals surface area (Å²) in [7, 11) is 4.07. The van der Waals surface area contributed by atoms with Gasteiger partial charge in [-0.2, -0.15) is 0 Å². The molecule has 20 heavy (non-hydrogen) atoms. The molecule has 0 saturated heterocycles. The summed E-state index contributed by atoms with van der Waals surface area (Å²) in [6.45, 7) is 9.39. The second kappa shape index (κ2) is 7.88. The average Bonchev–Trinajstić information content (AvgIpc) is 2.87. The Bertz CT molecular complexity index is 404. The molecule has 0 fully saturated rings. The normalized spacial score (nSPS) is 17.6. The summed E-state index contributed by atoms with van der Waals surface area (Å²) < 4.78 is 0. The van der Waals surface area contributed by atoms with Gasteiger partial charge < -0.3 is 0 Å². The molecular weight excluding hydrogens is 279 g/mol. The van der Waals surface area contributed by atoms with Gasteiger partial charge in [-0.1, -0.05) is 0 Å². The van der Waals surface area contributed by atoms with Crippen LogP contribution >= 0.6 is 19.9 Å². The Kier molecular flexibility index (Phi) is 6.47. The average molecular weight is 305 g/mol. The van der Waals surface area contributed by atoms with E-state index < -0.39 is 9.06 Å². The molecule has 2 aliphatic rings. The van der Waals surface area contributed by atoms with Gasteiger partial charge in [-0.3, -0.25) is 0 Å². The molecule has 0 aliphatic carbocycles. The molecule has 0 amide bonds. The maximum atomic E-state index is 2.43. The van der Waals surface area contributed by atoms with Crippen molar-refractivity contribution in [3.8, 4) is 0 Å². The second-order valence-electron chi connectivity index (χ2n) is 5.64. The van der Waals surface area contributed by atoms with Gasteiger partial charge in [0.15, 0.2) is 0 Å². The number of fused-ring (bicyclic) bond motifs is 1. The van der Waals surface area contributed by atoms with Crippen LogP contribution in [0.2, 0.25) is 0 Å². The van der Waals surface area contributed by atoms with Gasteiger partial charge in [0.2, 0.25) is 0 Å². The fraction of sp³-hybridized carbons (Fsp3) is 0.643. The molecule has 0 aromatic carbocycles. The van der Waals surface area contributed by atoms with E-state index in [1.54, 1.807) is 0 Å². The topological polar surface area (TPSA) is 3.24 Å². The van der Waals surface area contributed by atoms with Gasteiger partial charge in [0.25, 0.3) is 0 Å². The third-order valence-electron chi connectivity index (χ3n) is 3.76. The van der Waals surface area contributed by atoms with E-state index in [1.807, 2.05) is 0 Å². The first kappa shape index (κ1) is 16.4. The molecule has 108 valence electrons. The molecule has 0 saturated carbocycles. The fourth-order valence-electron chi connectivity index (χ4n) is 3.07. The zero-order chi connectivity index (χ0) is 14.4. The fourth-order valence-corrected chi connectivity index (χ4v) is 10.6. The zero-order valence-corrected chi connectivity index (χ0v) is 14.9. The molecule has 0 N–H and O–H groups in total. The van der Waals surface area contributed by atoms with Crippen LogP contribution in [0.5, 0.6) is 0 Å². The molecule has 0 atom stereocenters. The first-order valence-electron chi connectivity index (χ1n) is 8.05. The van der Waals surface area contributed by atoms with Gasteiger partial charge in [-0.25, -0.2) is 0 Å². The Hall–Kier alpha value is 0.0448. The van der Waals surface area contributed by atoms with Gasteiger partial charge in [0.1, 0.15) is 0 Å². The third-order valence-corrected chi connectivity index (χ3v) is 11.1. The summed E-state index contributed by atoms with van der Waals surface area (Å²) in [5, 5.41) is 0. The summed E-state index contributed by atoms with van der Waals surface area (Å²) in [5.41, 5.74) is 1.40. The molecule has 0 spiro atoms. The van der Waals surface area contributed by atoms with Gasteiger partial charge in [0.05, 0.1) is 0 Å². The van der Waals surface area contributed by atoms with Crippen molar-refractivity contribution < 1.29 is 0 Å². The minimum atomic E-state index is -0.524. The van der Waals surface area contributed by atoms with Crippen LogP contribution in [0.3, 0.4) is 0 Å². The molecular formula is C14H26B3NS2. The zero-order valence-electron chi connectivity index (χ0n) is 13.2. The summed E-state index contributed by atoms with van der Waals surface area (Å²) in [6, 6.07) is 0. The summed E-state index contributed by atoms with van der Waals surface area (Å²) in [4.78, 5) is 3.92. The number of nitrogens with zero attached hydrogens (tertiary/aromatic N) is 1. The van der Waals surface area contributed by atoms with Crippen LogP contribution < -0.4 is 0 Å². The minimum absolute atomic E-state index is 0.524. The van der Waals surface area contributed by atoms with Crippen LogP contribution in [0.25, 0.3) is 0 Å². The van der Waals surface area contributed by atoms with E-state index in [1.165, 1.54) is 61.4 Å². The van der Waals surface area contributed by atoms with Crippen molar-refractivity contribution >= 4 is 46.6 Å². The molecule has 0 aromatic rings. The number of rotatable bonds is 8. The van der Waals surface area contributed by atoms with E-state index in [0.29, 0.717) is 0 Å². The molecule has 2 heterocycles. The Balaban J connectivity index is 2.10. The first-order valence-corrected chi connectivity index (χ1v) is 11.5. The predicted octanol–water partition coefficient (Wildman–Crippen LogP) is 2.85. The second-order valence-corrected chi connectivity index (χ2v) is 12.1. The van der Waals surface area contributed by atoms with Gasteiger partial charge >= 0.3 is 132 Å². The number of allylic oxidation sites excluding steroid dienone is 1. The van der Waals surface area contributed by atoms with Crippen LogP contribution in [-0.2, 0) is 0 Å². The molecule has 2 aliphatic heterocycles. The molecule has 0 aromatic heterocycles. The first-order chi connectivity index (χ1) is 9.73. The van der Waals surface area contributed by atoms with Crippen molar-refractivity contribution in [3.05, 3.63) is 23.3 Å². The van der Waals surface area contributed by atoms with E-state index in [-0.39, 0.29) is 0 Å². The monoisotopic (exact) mass is 305 g/mol. The summed E-state index contributed by atoms with van der Waals surface area (Å²) in [6.07, 6.45) is 11.0. The van der Waals surface area contributed by atoms with Crippen molar-refractivity contribution in [1.29, 1.82) is 0 Å². The van der Waals surface area contributed by atoms with Crippen molar-refractivity contribution in [2.45, 2.75) is 40.0 Å². The SMILES string of the molecule is CCCS(CCC)(CCC)SC1=CN2BBB=C2C=C1. The third kappa shape index (κ3) is 4.04. The van der Waals surface area contributed by atoms with Crippen LogP contribution in [0, 0.1) is 0 Å². The standard InChI is InChI=1S/C14H26B3NS2/c1-4-9-20(10-5-2,11-6-3)19-13-7-8-14-15-16-17-18(14)12-13/h7-8,12,16-17H,4-6,9-11H2,1-3H3. The Morgan fingerprint density at radius 2 is 1.75 bits per heavy atom. The number of hydrogen-bond acceptors (Lipinski definition) is 2. The quantitative estimate of drug-likeness (QED) is 0.501. The van der Waals surface area contributed by atoms with E-state index in [9.17, 15) is 0 Å².